The van der Waals surface area contributed by atoms with Crippen molar-refractivity contribution in [3.05, 3.63) is 78.6 Å². The second kappa shape index (κ2) is 16.6. The van der Waals surface area contributed by atoms with Crippen LogP contribution in [0.5, 0.6) is 5.75 Å². The minimum Gasteiger partial charge on any atom is -0.465 e. The molecule has 0 amide bonds. The van der Waals surface area contributed by atoms with Gasteiger partial charge in [-0.25, -0.2) is 4.79 Å². The Morgan fingerprint density at radius 2 is 1.67 bits per heavy atom. The topological polar surface area (TPSA) is 118 Å². The summed E-state index contributed by atoms with van der Waals surface area (Å²) >= 11 is 0. The van der Waals surface area contributed by atoms with E-state index < -0.39 is 29.2 Å². The quantitative estimate of drug-likeness (QED) is 0.0542. The van der Waals surface area contributed by atoms with Crippen molar-refractivity contribution in [2.75, 3.05) is 26.4 Å². The predicted octanol–water partition coefficient (Wildman–Crippen LogP) is 4.51. The number of ether oxygens (including phenoxy) is 5. The zero-order chi connectivity index (χ0) is 29.5. The van der Waals surface area contributed by atoms with Crippen molar-refractivity contribution in [2.45, 2.75) is 59.0 Å². The number of Topliss-reactive ketones (excluding diaryl/α,β-unsaturated/α-hetero) is 2. The van der Waals surface area contributed by atoms with Crippen LogP contribution >= 0.6 is 0 Å². The smallest absolute Gasteiger partial charge is 0.330 e. The average molecular weight is 545 g/mol. The fourth-order valence-corrected chi connectivity index (χ4v) is 3.17. The van der Waals surface area contributed by atoms with Crippen molar-refractivity contribution in [2.24, 2.45) is 0 Å². The molecular weight excluding hydrogens is 504 g/mol. The standard InChI is InChI=1S/C30H40O9/c1-8-11-23(27(32)29(4,5)34)12-10-17-37-25-15-13-24(14-16-25)28(33)30(6,7)39-22(3)36-20-18-35-19-21-38-26(31)9-2/h8-17,22,34H,2,18-21H2,1,3-7H3/b11-8-,17-10+,23-12+. The molecule has 1 rings (SSSR count). The highest BCUT2D eigenvalue weighted by Gasteiger charge is 2.32. The van der Waals surface area contributed by atoms with E-state index in [-0.39, 0.29) is 32.2 Å². The number of esters is 1. The molecule has 9 nitrogen and oxygen atoms in total. The van der Waals surface area contributed by atoms with Crippen LogP contribution in [0.2, 0.25) is 0 Å². The third kappa shape index (κ3) is 12.8. The summed E-state index contributed by atoms with van der Waals surface area (Å²) in [6.07, 6.45) is 8.25. The van der Waals surface area contributed by atoms with Crippen molar-refractivity contribution in [1.29, 1.82) is 0 Å². The summed E-state index contributed by atoms with van der Waals surface area (Å²) in [5.41, 5.74) is -1.86. The fourth-order valence-electron chi connectivity index (χ4n) is 3.17. The Morgan fingerprint density at radius 1 is 1.03 bits per heavy atom. The number of aliphatic hydroxyl groups is 1. The van der Waals surface area contributed by atoms with E-state index >= 15 is 0 Å². The Bertz CT molecular complexity index is 1040. The molecule has 0 aliphatic carbocycles. The van der Waals surface area contributed by atoms with Gasteiger partial charge in [-0.1, -0.05) is 18.7 Å². The minimum absolute atomic E-state index is 0.122. The Balaban J connectivity index is 2.58. The van der Waals surface area contributed by atoms with Crippen molar-refractivity contribution < 1.29 is 43.2 Å². The maximum atomic E-state index is 13.0. The second-order valence-electron chi connectivity index (χ2n) is 9.36. The van der Waals surface area contributed by atoms with E-state index in [0.29, 0.717) is 16.9 Å². The molecular formula is C30H40O9. The van der Waals surface area contributed by atoms with Crippen LogP contribution in [-0.4, -0.2) is 66.6 Å². The fraction of sp³-hybridized carbons (Fsp3) is 0.433. The zero-order valence-corrected chi connectivity index (χ0v) is 23.6. The first-order valence-electron chi connectivity index (χ1n) is 12.6. The Kier molecular flexibility index (Phi) is 14.3. The lowest BCUT2D eigenvalue weighted by molar-refractivity contribution is -0.180. The largest absolute Gasteiger partial charge is 0.465 e. The molecule has 9 heteroatoms. The van der Waals surface area contributed by atoms with E-state index in [0.717, 1.165) is 6.08 Å². The minimum atomic E-state index is -1.48. The Morgan fingerprint density at radius 3 is 2.26 bits per heavy atom. The van der Waals surface area contributed by atoms with Gasteiger partial charge < -0.3 is 28.8 Å². The van der Waals surface area contributed by atoms with Gasteiger partial charge in [-0.15, -0.1) is 0 Å². The highest BCUT2D eigenvalue weighted by molar-refractivity contribution is 6.03. The van der Waals surface area contributed by atoms with E-state index in [1.54, 1.807) is 76.3 Å². The van der Waals surface area contributed by atoms with Crippen LogP contribution in [0.3, 0.4) is 0 Å². The predicted molar refractivity (Wildman–Crippen MR) is 147 cm³/mol. The van der Waals surface area contributed by atoms with E-state index in [1.165, 1.54) is 20.1 Å². The van der Waals surface area contributed by atoms with Crippen molar-refractivity contribution in [1.82, 2.24) is 0 Å². The van der Waals surface area contributed by atoms with E-state index in [9.17, 15) is 19.5 Å². The van der Waals surface area contributed by atoms with Gasteiger partial charge in [0.2, 0.25) is 0 Å². The summed E-state index contributed by atoms with van der Waals surface area (Å²) in [5.74, 6) is -0.654. The van der Waals surface area contributed by atoms with Gasteiger partial charge in [0.05, 0.1) is 26.1 Å². The van der Waals surface area contributed by atoms with E-state index in [2.05, 4.69) is 6.58 Å². The van der Waals surface area contributed by atoms with Gasteiger partial charge in [0.25, 0.3) is 0 Å². The maximum Gasteiger partial charge on any atom is 0.330 e. The molecule has 0 radical (unpaired) electrons. The molecule has 0 saturated carbocycles. The summed E-state index contributed by atoms with van der Waals surface area (Å²) < 4.78 is 27.0. The SMILES string of the molecule is C=CC(=O)OCCOCCOC(C)OC(C)(C)C(=O)c1ccc(O/C=C/C=C(\C=C/C)C(=O)C(C)(C)O)cc1. The van der Waals surface area contributed by atoms with E-state index in [4.69, 9.17) is 23.7 Å². The van der Waals surface area contributed by atoms with Gasteiger partial charge in [0.1, 0.15) is 23.6 Å². The van der Waals surface area contributed by atoms with Crippen LogP contribution in [0.15, 0.2) is 73.1 Å². The number of carbonyl (C=O) groups excluding carboxylic acids is 3. The Labute approximate surface area is 230 Å². The molecule has 1 N–H and O–H groups in total. The highest BCUT2D eigenvalue weighted by atomic mass is 16.7. The lowest BCUT2D eigenvalue weighted by Crippen LogP contribution is -2.39. The molecule has 1 unspecified atom stereocenters. The average Bonchev–Trinajstić information content (AvgIpc) is 2.88. The first-order valence-corrected chi connectivity index (χ1v) is 12.6. The summed E-state index contributed by atoms with van der Waals surface area (Å²) in [7, 11) is 0. The summed E-state index contributed by atoms with van der Waals surface area (Å²) in [4.78, 5) is 36.2. The summed E-state index contributed by atoms with van der Waals surface area (Å²) in [6.45, 7) is 13.8. The molecule has 0 heterocycles. The van der Waals surface area contributed by atoms with E-state index in [1.807, 2.05) is 0 Å². The molecule has 0 aliphatic rings. The van der Waals surface area contributed by atoms with Gasteiger partial charge in [-0.05, 0) is 78.0 Å². The van der Waals surface area contributed by atoms with Crippen LogP contribution in [0.25, 0.3) is 0 Å². The third-order valence-corrected chi connectivity index (χ3v) is 5.07. The summed E-state index contributed by atoms with van der Waals surface area (Å²) in [5, 5.41) is 9.95. The van der Waals surface area contributed by atoms with Gasteiger partial charge >= 0.3 is 5.97 Å². The van der Waals surface area contributed by atoms with Crippen LogP contribution in [0.1, 0.15) is 51.9 Å². The number of hydrogen-bond donors (Lipinski definition) is 1. The first-order chi connectivity index (χ1) is 18.3. The maximum absolute atomic E-state index is 13.0. The monoisotopic (exact) mass is 544 g/mol. The number of benzene rings is 1. The number of ketones is 2. The van der Waals surface area contributed by atoms with Crippen LogP contribution in [0, 0.1) is 0 Å². The van der Waals surface area contributed by atoms with Crippen LogP contribution < -0.4 is 4.74 Å². The van der Waals surface area contributed by atoms with Crippen molar-refractivity contribution >= 4 is 17.5 Å². The Hall–Kier alpha value is -3.37. The number of rotatable bonds is 18. The molecule has 1 aromatic rings. The lowest BCUT2D eigenvalue weighted by Gasteiger charge is -2.28. The molecule has 0 aromatic heterocycles. The molecule has 1 aromatic carbocycles. The molecule has 1 atom stereocenters. The van der Waals surface area contributed by atoms with Gasteiger partial charge in [0, 0.05) is 17.2 Å². The lowest BCUT2D eigenvalue weighted by atomic mass is 9.96. The molecule has 0 spiro atoms. The number of allylic oxidation sites excluding steroid dienone is 4. The molecule has 0 saturated heterocycles. The third-order valence-electron chi connectivity index (χ3n) is 5.07. The molecule has 0 bridgehead atoms. The van der Waals surface area contributed by atoms with Gasteiger partial charge in [0.15, 0.2) is 17.9 Å². The van der Waals surface area contributed by atoms with Crippen molar-refractivity contribution in [3.63, 3.8) is 0 Å². The molecule has 0 aliphatic heterocycles. The van der Waals surface area contributed by atoms with Crippen LogP contribution in [-0.2, 0) is 28.5 Å². The molecule has 39 heavy (non-hydrogen) atoms. The molecule has 0 fully saturated rings. The second-order valence-corrected chi connectivity index (χ2v) is 9.36. The highest BCUT2D eigenvalue weighted by Crippen LogP contribution is 2.22. The normalized spacial score (nSPS) is 13.5. The molecule has 214 valence electrons. The van der Waals surface area contributed by atoms with Gasteiger partial charge in [-0.3, -0.25) is 9.59 Å². The summed E-state index contributed by atoms with van der Waals surface area (Å²) in [6, 6.07) is 6.56. The zero-order valence-electron chi connectivity index (χ0n) is 23.6. The number of carbonyl (C=O) groups is 3. The van der Waals surface area contributed by atoms with Crippen LogP contribution in [0.4, 0.5) is 0 Å². The number of hydrogen-bond acceptors (Lipinski definition) is 9. The van der Waals surface area contributed by atoms with Crippen molar-refractivity contribution in [3.8, 4) is 5.75 Å². The van der Waals surface area contributed by atoms with Gasteiger partial charge in [-0.2, -0.15) is 0 Å². The first kappa shape index (κ1) is 33.7.